The first-order chi connectivity index (χ1) is 13.9. The van der Waals surface area contributed by atoms with Gasteiger partial charge in [-0.1, -0.05) is 64.5 Å². The largest absolute Gasteiger partial charge is 0.493 e. The smallest absolute Gasteiger partial charge is 0.488 e. The SMILES string of the molecule is CC(C)(O)C(C)(C)O.CCCCCCC(CCCC)COc1cccc(B(O)O)c1. The van der Waals surface area contributed by atoms with Crippen molar-refractivity contribution in [2.24, 2.45) is 5.92 Å². The highest BCUT2D eigenvalue weighted by Gasteiger charge is 2.31. The molecular weight excluding hydrogens is 379 g/mol. The highest BCUT2D eigenvalue weighted by Crippen LogP contribution is 2.20. The Morgan fingerprint density at radius 1 is 0.867 bits per heavy atom. The standard InChI is InChI=1S/C18H31BO3.C6H14O2/c1-3-5-7-8-11-16(10-6-4-2)15-22-18-13-9-12-17(14-18)19(20)21;1-5(2,7)6(3,4)8/h9,12-14,16,20-21H,3-8,10-11,15H2,1-2H3;7-8H,1-4H3. The number of benzene rings is 1. The zero-order valence-corrected chi connectivity index (χ0v) is 20.0. The zero-order chi connectivity index (χ0) is 23.2. The van der Waals surface area contributed by atoms with E-state index in [2.05, 4.69) is 13.8 Å². The Balaban J connectivity index is 0.000000890. The summed E-state index contributed by atoms with van der Waals surface area (Å²) in [7, 11) is -1.44. The van der Waals surface area contributed by atoms with Gasteiger partial charge in [0.2, 0.25) is 0 Å². The average molecular weight is 424 g/mol. The van der Waals surface area contributed by atoms with Crippen LogP contribution in [0.4, 0.5) is 0 Å². The molecule has 5 nitrogen and oxygen atoms in total. The highest BCUT2D eigenvalue weighted by molar-refractivity contribution is 6.58. The summed E-state index contributed by atoms with van der Waals surface area (Å²) in [6.45, 7) is 11.5. The fourth-order valence-electron chi connectivity index (χ4n) is 2.64. The molecule has 0 fully saturated rings. The van der Waals surface area contributed by atoms with E-state index in [1.807, 2.05) is 6.07 Å². The van der Waals surface area contributed by atoms with E-state index < -0.39 is 18.3 Å². The van der Waals surface area contributed by atoms with Crippen LogP contribution in [0.5, 0.6) is 5.75 Å². The number of unbranched alkanes of at least 4 members (excludes halogenated alkanes) is 4. The lowest BCUT2D eigenvalue weighted by Gasteiger charge is -2.31. The minimum Gasteiger partial charge on any atom is -0.493 e. The van der Waals surface area contributed by atoms with Crippen molar-refractivity contribution in [3.05, 3.63) is 24.3 Å². The molecule has 0 saturated carbocycles. The number of hydrogen-bond donors (Lipinski definition) is 4. The summed E-state index contributed by atoms with van der Waals surface area (Å²) in [5.74, 6) is 1.32. The van der Waals surface area contributed by atoms with Gasteiger partial charge in [0.25, 0.3) is 0 Å². The van der Waals surface area contributed by atoms with Crippen molar-refractivity contribution in [3.63, 3.8) is 0 Å². The molecule has 0 amide bonds. The Bertz CT molecular complexity index is 537. The lowest BCUT2D eigenvalue weighted by atomic mass is 9.80. The van der Waals surface area contributed by atoms with Crippen LogP contribution in [0.2, 0.25) is 0 Å². The average Bonchev–Trinajstić information content (AvgIpc) is 2.65. The molecular formula is C24H45BO5. The summed E-state index contributed by atoms with van der Waals surface area (Å²) in [6, 6.07) is 7.07. The molecule has 0 aliphatic rings. The van der Waals surface area contributed by atoms with Crippen LogP contribution in [-0.2, 0) is 0 Å². The molecule has 0 saturated heterocycles. The Morgan fingerprint density at radius 2 is 1.43 bits per heavy atom. The monoisotopic (exact) mass is 424 g/mol. The van der Waals surface area contributed by atoms with E-state index in [-0.39, 0.29) is 0 Å². The van der Waals surface area contributed by atoms with E-state index in [1.165, 1.54) is 51.4 Å². The molecule has 1 aromatic carbocycles. The first-order valence-corrected chi connectivity index (χ1v) is 11.5. The minimum absolute atomic E-state index is 0.477. The molecule has 1 rings (SSSR count). The molecule has 0 spiro atoms. The summed E-state index contributed by atoms with van der Waals surface area (Å²) < 4.78 is 5.89. The molecule has 174 valence electrons. The topological polar surface area (TPSA) is 90.2 Å². The van der Waals surface area contributed by atoms with Crippen LogP contribution < -0.4 is 10.2 Å². The van der Waals surface area contributed by atoms with Gasteiger partial charge in [0.05, 0.1) is 17.8 Å². The molecule has 0 aromatic heterocycles. The summed E-state index contributed by atoms with van der Waals surface area (Å²) in [6.07, 6.45) is 10.1. The summed E-state index contributed by atoms with van der Waals surface area (Å²) >= 11 is 0. The number of hydrogen-bond acceptors (Lipinski definition) is 5. The van der Waals surface area contributed by atoms with Crippen LogP contribution >= 0.6 is 0 Å². The molecule has 0 aliphatic heterocycles. The van der Waals surface area contributed by atoms with Gasteiger partial charge in [-0.3, -0.25) is 0 Å². The van der Waals surface area contributed by atoms with Crippen molar-refractivity contribution in [1.29, 1.82) is 0 Å². The summed E-state index contributed by atoms with van der Waals surface area (Å²) in [5, 5.41) is 36.6. The summed E-state index contributed by atoms with van der Waals surface area (Å²) in [5.41, 5.74) is -1.54. The quantitative estimate of drug-likeness (QED) is 0.283. The zero-order valence-electron chi connectivity index (χ0n) is 20.0. The maximum Gasteiger partial charge on any atom is 0.488 e. The molecule has 1 atom stereocenters. The minimum atomic E-state index is -1.44. The molecule has 0 radical (unpaired) electrons. The van der Waals surface area contributed by atoms with Crippen LogP contribution in [0.15, 0.2) is 24.3 Å². The number of rotatable bonds is 13. The van der Waals surface area contributed by atoms with E-state index in [0.29, 0.717) is 11.4 Å². The van der Waals surface area contributed by atoms with Gasteiger partial charge >= 0.3 is 7.12 Å². The molecule has 0 bridgehead atoms. The van der Waals surface area contributed by atoms with Crippen molar-refractivity contribution < 1.29 is 25.0 Å². The Labute approximate surface area is 184 Å². The molecule has 0 aliphatic carbocycles. The van der Waals surface area contributed by atoms with E-state index in [4.69, 9.17) is 14.9 Å². The van der Waals surface area contributed by atoms with E-state index in [0.717, 1.165) is 12.4 Å². The van der Waals surface area contributed by atoms with Crippen molar-refractivity contribution in [2.45, 2.75) is 104 Å². The third-order valence-electron chi connectivity index (χ3n) is 5.57. The maximum absolute atomic E-state index is 9.21. The first kappa shape index (κ1) is 28.9. The Hall–Kier alpha value is -1.08. The third-order valence-corrected chi connectivity index (χ3v) is 5.57. The molecule has 0 heterocycles. The van der Waals surface area contributed by atoms with Crippen molar-refractivity contribution >= 4 is 12.6 Å². The Kier molecular flexibility index (Phi) is 14.3. The third kappa shape index (κ3) is 13.3. The van der Waals surface area contributed by atoms with Gasteiger partial charge in [-0.2, -0.15) is 0 Å². The highest BCUT2D eigenvalue weighted by atomic mass is 16.5. The lowest BCUT2D eigenvalue weighted by Crippen LogP contribution is -2.44. The van der Waals surface area contributed by atoms with E-state index in [1.54, 1.807) is 45.9 Å². The normalized spacial score (nSPS) is 12.7. The predicted octanol–water partition coefficient (Wildman–Crippen LogP) is 4.05. The van der Waals surface area contributed by atoms with Crippen LogP contribution in [0.1, 0.15) is 92.9 Å². The summed E-state index contributed by atoms with van der Waals surface area (Å²) in [4.78, 5) is 0. The van der Waals surface area contributed by atoms with Gasteiger partial charge in [-0.15, -0.1) is 0 Å². The van der Waals surface area contributed by atoms with Crippen molar-refractivity contribution in [1.82, 2.24) is 0 Å². The van der Waals surface area contributed by atoms with Crippen LogP contribution in [0.25, 0.3) is 0 Å². The van der Waals surface area contributed by atoms with Gasteiger partial charge < -0.3 is 25.0 Å². The second-order valence-electron chi connectivity index (χ2n) is 9.23. The molecule has 4 N–H and O–H groups in total. The van der Waals surface area contributed by atoms with Gasteiger partial charge in [-0.25, -0.2) is 0 Å². The van der Waals surface area contributed by atoms with Crippen LogP contribution in [0.3, 0.4) is 0 Å². The second-order valence-corrected chi connectivity index (χ2v) is 9.23. The van der Waals surface area contributed by atoms with Gasteiger partial charge in [0.15, 0.2) is 0 Å². The molecule has 30 heavy (non-hydrogen) atoms. The molecule has 6 heteroatoms. The first-order valence-electron chi connectivity index (χ1n) is 11.5. The van der Waals surface area contributed by atoms with Crippen molar-refractivity contribution in [3.8, 4) is 5.75 Å². The Morgan fingerprint density at radius 3 is 1.93 bits per heavy atom. The lowest BCUT2D eigenvalue weighted by molar-refractivity contribution is -0.107. The predicted molar refractivity (Wildman–Crippen MR) is 126 cm³/mol. The van der Waals surface area contributed by atoms with E-state index >= 15 is 0 Å². The molecule has 1 aromatic rings. The van der Waals surface area contributed by atoms with Gasteiger partial charge in [0, 0.05) is 0 Å². The van der Waals surface area contributed by atoms with Gasteiger partial charge in [-0.05, 0) is 64.1 Å². The van der Waals surface area contributed by atoms with Crippen molar-refractivity contribution in [2.75, 3.05) is 6.61 Å². The van der Waals surface area contributed by atoms with Gasteiger partial charge in [0.1, 0.15) is 5.75 Å². The number of ether oxygens (including phenoxy) is 1. The maximum atomic E-state index is 9.21. The fraction of sp³-hybridized carbons (Fsp3) is 0.750. The number of aliphatic hydroxyl groups is 2. The van der Waals surface area contributed by atoms with E-state index in [9.17, 15) is 10.0 Å². The fourth-order valence-corrected chi connectivity index (χ4v) is 2.64. The second kappa shape index (κ2) is 14.8. The van der Waals surface area contributed by atoms with Crippen LogP contribution in [-0.4, -0.2) is 45.2 Å². The molecule has 1 unspecified atom stereocenters. The van der Waals surface area contributed by atoms with Crippen LogP contribution in [0, 0.1) is 5.92 Å².